The van der Waals surface area contributed by atoms with Crippen LogP contribution in [0.2, 0.25) is 0 Å². The molecule has 0 amide bonds. The van der Waals surface area contributed by atoms with Gasteiger partial charge in [0.15, 0.2) is 0 Å². The van der Waals surface area contributed by atoms with Gasteiger partial charge in [0.25, 0.3) is 0 Å². The van der Waals surface area contributed by atoms with Crippen LogP contribution in [-0.4, -0.2) is 0 Å². The summed E-state index contributed by atoms with van der Waals surface area (Å²) < 4.78 is 0. The van der Waals surface area contributed by atoms with E-state index >= 15 is 0 Å². The summed E-state index contributed by atoms with van der Waals surface area (Å²) in [4.78, 5) is 2.56. The minimum absolute atomic E-state index is 0.292. The van der Waals surface area contributed by atoms with Gasteiger partial charge in [-0.1, -0.05) is 200 Å². The Bertz CT molecular complexity index is 3660. The number of fused-ring (bicyclic) bond motifs is 19. The average Bonchev–Trinajstić information content (AvgIpc) is 3.94. The van der Waals surface area contributed by atoms with Gasteiger partial charge < -0.3 is 4.90 Å². The van der Waals surface area contributed by atoms with Crippen LogP contribution in [0.25, 0.3) is 65.7 Å². The molecule has 64 heavy (non-hydrogen) atoms. The van der Waals surface area contributed by atoms with Gasteiger partial charge in [0.1, 0.15) is 0 Å². The van der Waals surface area contributed by atoms with Crippen molar-refractivity contribution in [2.24, 2.45) is 0 Å². The fourth-order valence-electron chi connectivity index (χ4n) is 12.5. The number of anilines is 3. The third-order valence-electron chi connectivity index (χ3n) is 15.1. The van der Waals surface area contributed by atoms with Crippen LogP contribution in [0.4, 0.5) is 17.1 Å². The molecule has 1 nitrogen and oxygen atoms in total. The second-order valence-electron chi connectivity index (χ2n) is 18.0. The monoisotopic (exact) mass is 811 g/mol. The highest BCUT2D eigenvalue weighted by Gasteiger charge is 2.51. The normalized spacial score (nSPS) is 15.8. The molecular formula is C63H41N. The molecule has 3 aliphatic rings. The van der Waals surface area contributed by atoms with Gasteiger partial charge in [-0.15, -0.1) is 0 Å². The summed E-state index contributed by atoms with van der Waals surface area (Å²) in [5, 5.41) is 7.57. The molecule has 0 radical (unpaired) electrons. The molecule has 0 bridgehead atoms. The highest BCUT2D eigenvalue weighted by molar-refractivity contribution is 6.28. The Morgan fingerprint density at radius 1 is 0.297 bits per heavy atom. The highest BCUT2D eigenvalue weighted by atomic mass is 15.1. The first-order valence-corrected chi connectivity index (χ1v) is 22.5. The number of rotatable bonds is 4. The van der Waals surface area contributed by atoms with Gasteiger partial charge in [0, 0.05) is 22.2 Å². The maximum Gasteiger partial charge on any atom is 0.0726 e. The van der Waals surface area contributed by atoms with Crippen molar-refractivity contribution in [3.8, 4) is 33.4 Å². The van der Waals surface area contributed by atoms with Crippen LogP contribution < -0.4 is 4.90 Å². The molecule has 0 heterocycles. The quantitative estimate of drug-likeness (QED) is 0.160. The summed E-state index contributed by atoms with van der Waals surface area (Å²) in [6, 6.07) is 86.8. The zero-order valence-electron chi connectivity index (χ0n) is 35.4. The topological polar surface area (TPSA) is 3.24 Å². The predicted molar refractivity (Wildman–Crippen MR) is 267 cm³/mol. The first-order valence-electron chi connectivity index (χ1n) is 22.5. The zero-order valence-corrected chi connectivity index (χ0v) is 35.4. The Morgan fingerprint density at radius 3 is 1.33 bits per heavy atom. The average molecular weight is 812 g/mol. The number of nitrogens with zero attached hydrogens (tertiary/aromatic N) is 1. The maximum atomic E-state index is 2.56. The molecular weight excluding hydrogens is 771 g/mol. The van der Waals surface area contributed by atoms with Crippen molar-refractivity contribution < 1.29 is 0 Å². The molecule has 1 unspecified atom stereocenters. The van der Waals surface area contributed by atoms with Crippen LogP contribution in [0.5, 0.6) is 0 Å². The molecule has 1 atom stereocenters. The van der Waals surface area contributed by atoms with E-state index in [0.717, 1.165) is 17.1 Å². The van der Waals surface area contributed by atoms with Crippen molar-refractivity contribution in [2.45, 2.75) is 17.8 Å². The molecule has 0 saturated heterocycles. The Kier molecular flexibility index (Phi) is 7.24. The molecule has 0 N–H and O–H groups in total. The third-order valence-corrected chi connectivity index (χ3v) is 15.1. The van der Waals surface area contributed by atoms with Crippen molar-refractivity contribution in [1.82, 2.24) is 0 Å². The van der Waals surface area contributed by atoms with E-state index in [1.54, 1.807) is 0 Å². The second kappa shape index (κ2) is 13.0. The molecule has 1 spiro atoms. The SMILES string of the molecule is CC1(c2ccccc2)c2ccccc2-c2cc(N(c3ccc4c(c3)C3(c5ccccc5-c5ccccc53)c3ccccc3-4)c3cccc4c5ccccc5c5ccccc5c34)ccc21. The smallest absolute Gasteiger partial charge is 0.0726 e. The summed E-state index contributed by atoms with van der Waals surface area (Å²) >= 11 is 0. The van der Waals surface area contributed by atoms with Crippen LogP contribution in [-0.2, 0) is 10.8 Å². The van der Waals surface area contributed by atoms with Crippen LogP contribution in [0.3, 0.4) is 0 Å². The van der Waals surface area contributed by atoms with Crippen LogP contribution in [0.1, 0.15) is 45.9 Å². The minimum Gasteiger partial charge on any atom is -0.310 e. The third kappa shape index (κ3) is 4.48. The lowest BCUT2D eigenvalue weighted by atomic mass is 9.70. The molecule has 298 valence electrons. The molecule has 11 aromatic rings. The van der Waals surface area contributed by atoms with E-state index in [-0.39, 0.29) is 5.41 Å². The van der Waals surface area contributed by atoms with Gasteiger partial charge in [0.05, 0.1) is 11.1 Å². The lowest BCUT2D eigenvalue weighted by Gasteiger charge is -2.33. The van der Waals surface area contributed by atoms with Gasteiger partial charge in [-0.05, 0) is 137 Å². The van der Waals surface area contributed by atoms with E-state index in [4.69, 9.17) is 0 Å². The first-order chi connectivity index (χ1) is 31.7. The van der Waals surface area contributed by atoms with Gasteiger partial charge in [-0.3, -0.25) is 0 Å². The van der Waals surface area contributed by atoms with Gasteiger partial charge in [0.2, 0.25) is 0 Å². The van der Waals surface area contributed by atoms with Crippen molar-refractivity contribution in [3.63, 3.8) is 0 Å². The first kappa shape index (κ1) is 35.6. The van der Waals surface area contributed by atoms with Crippen LogP contribution in [0.15, 0.2) is 231 Å². The van der Waals surface area contributed by atoms with Crippen LogP contribution in [0, 0.1) is 0 Å². The van der Waals surface area contributed by atoms with Crippen molar-refractivity contribution in [2.75, 3.05) is 4.90 Å². The van der Waals surface area contributed by atoms with E-state index < -0.39 is 5.41 Å². The Hall–Kier alpha value is -8.00. The number of hydrogen-bond donors (Lipinski definition) is 0. The van der Waals surface area contributed by atoms with E-state index in [1.807, 2.05) is 0 Å². The number of benzene rings is 11. The van der Waals surface area contributed by atoms with Crippen molar-refractivity contribution in [3.05, 3.63) is 269 Å². The van der Waals surface area contributed by atoms with E-state index in [2.05, 4.69) is 242 Å². The molecule has 0 fully saturated rings. The standard InChI is InChI=1S/C63H41N/c1-62(40-18-3-2-4-19-40)54-29-13-9-26-49(54)53-38-41(35-37-55(53)62)64(60-33-17-28-52-45-21-6-5-20-43(45)44-22-7-8-27-51(44)61(52)60)42-34-36-50-48-25-12-16-32-58(48)63(59(50)39-42)56-30-14-10-23-46(56)47-24-11-15-31-57(47)63/h2-39H,1H3. The summed E-state index contributed by atoms with van der Waals surface area (Å²) in [7, 11) is 0. The molecule has 3 aliphatic carbocycles. The summed E-state index contributed by atoms with van der Waals surface area (Å²) in [5.74, 6) is 0. The van der Waals surface area contributed by atoms with Crippen LogP contribution >= 0.6 is 0 Å². The zero-order chi connectivity index (χ0) is 42.1. The second-order valence-corrected chi connectivity index (χ2v) is 18.0. The Morgan fingerprint density at radius 2 is 0.719 bits per heavy atom. The molecule has 0 aromatic heterocycles. The largest absolute Gasteiger partial charge is 0.310 e. The van der Waals surface area contributed by atoms with Crippen molar-refractivity contribution in [1.29, 1.82) is 0 Å². The fraction of sp³-hybridized carbons (Fsp3) is 0.0476. The Labute approximate surface area is 373 Å². The van der Waals surface area contributed by atoms with Gasteiger partial charge >= 0.3 is 0 Å². The van der Waals surface area contributed by atoms with E-state index in [0.29, 0.717) is 0 Å². The molecule has 1 heteroatoms. The minimum atomic E-state index is -0.461. The lowest BCUT2D eigenvalue weighted by Crippen LogP contribution is -2.26. The lowest BCUT2D eigenvalue weighted by molar-refractivity contribution is 0.714. The fourth-order valence-corrected chi connectivity index (χ4v) is 12.5. The predicted octanol–water partition coefficient (Wildman–Crippen LogP) is 16.3. The number of hydrogen-bond acceptors (Lipinski definition) is 1. The summed E-state index contributed by atoms with van der Waals surface area (Å²) in [6.07, 6.45) is 0. The molecule has 14 rings (SSSR count). The molecule has 0 aliphatic heterocycles. The van der Waals surface area contributed by atoms with E-state index in [9.17, 15) is 0 Å². The Balaban J connectivity index is 1.09. The summed E-state index contributed by atoms with van der Waals surface area (Å²) in [6.45, 7) is 2.40. The summed E-state index contributed by atoms with van der Waals surface area (Å²) in [5.41, 5.74) is 19.8. The van der Waals surface area contributed by atoms with E-state index in [1.165, 1.54) is 105 Å². The van der Waals surface area contributed by atoms with Gasteiger partial charge in [-0.25, -0.2) is 0 Å². The maximum absolute atomic E-state index is 2.56. The highest BCUT2D eigenvalue weighted by Crippen LogP contribution is 2.64. The molecule has 0 saturated carbocycles. The molecule has 11 aromatic carbocycles. The van der Waals surface area contributed by atoms with Crippen molar-refractivity contribution >= 4 is 49.4 Å². The van der Waals surface area contributed by atoms with Gasteiger partial charge in [-0.2, -0.15) is 0 Å².